The van der Waals surface area contributed by atoms with Gasteiger partial charge in [-0.1, -0.05) is 31.5 Å². The number of aryl methyl sites for hydroxylation is 1. The zero-order chi connectivity index (χ0) is 14.8. The highest BCUT2D eigenvalue weighted by Gasteiger charge is 2.25. The summed E-state index contributed by atoms with van der Waals surface area (Å²) in [6.07, 6.45) is 3.13. The van der Waals surface area contributed by atoms with Crippen LogP contribution in [-0.4, -0.2) is 17.2 Å². The van der Waals surface area contributed by atoms with Crippen LogP contribution in [0.15, 0.2) is 24.3 Å². The van der Waals surface area contributed by atoms with Gasteiger partial charge in [-0.2, -0.15) is 0 Å². The molecule has 0 aliphatic rings. The molecule has 0 spiro atoms. The molecule has 108 valence electrons. The average molecular weight is 273 g/mol. The monoisotopic (exact) mass is 273 g/mol. The molecule has 0 radical (unpaired) electrons. The Kier molecular flexibility index (Phi) is 4.29. The van der Waals surface area contributed by atoms with E-state index in [0.29, 0.717) is 5.88 Å². The number of methoxy groups -OCH3 is 1. The minimum atomic E-state index is -0.972. The van der Waals surface area contributed by atoms with Crippen molar-refractivity contribution in [3.05, 3.63) is 35.5 Å². The summed E-state index contributed by atoms with van der Waals surface area (Å²) in [6, 6.07) is 8.11. The second-order valence-corrected chi connectivity index (χ2v) is 5.66. The van der Waals surface area contributed by atoms with Crippen LogP contribution in [0.3, 0.4) is 0 Å². The molecule has 1 N–H and O–H groups in total. The zero-order valence-corrected chi connectivity index (χ0v) is 12.7. The quantitative estimate of drug-likeness (QED) is 0.900. The van der Waals surface area contributed by atoms with Gasteiger partial charge in [0.15, 0.2) is 0 Å². The molecule has 3 heteroatoms. The number of fused-ring (bicyclic) bond motifs is 1. The first-order valence-electron chi connectivity index (χ1n) is 7.17. The molecule has 2 rings (SSSR count). The third-order valence-corrected chi connectivity index (χ3v) is 3.53. The molecule has 0 saturated carbocycles. The molecule has 20 heavy (non-hydrogen) atoms. The van der Waals surface area contributed by atoms with Gasteiger partial charge in [0.05, 0.1) is 12.8 Å². The molecule has 0 unspecified atom stereocenters. The smallest absolute Gasteiger partial charge is 0.221 e. The Morgan fingerprint density at radius 1 is 1.20 bits per heavy atom. The number of hydrogen-bond acceptors (Lipinski definition) is 3. The van der Waals surface area contributed by atoms with E-state index < -0.39 is 5.60 Å². The highest BCUT2D eigenvalue weighted by Crippen LogP contribution is 2.34. The van der Waals surface area contributed by atoms with Crippen molar-refractivity contribution in [3.8, 4) is 5.88 Å². The standard InChI is InChI=1S/C17H23NO2/c1-5-6-9-13-12-10-7-8-11-14(12)16(20-4)18-15(13)17(2,3)19/h7-8,10-11,19H,5-6,9H2,1-4H3. The number of unbranched alkanes of at least 4 members (excludes halogenated alkanes) is 1. The van der Waals surface area contributed by atoms with E-state index in [1.807, 2.05) is 18.2 Å². The van der Waals surface area contributed by atoms with E-state index >= 15 is 0 Å². The van der Waals surface area contributed by atoms with Gasteiger partial charge in [-0.05, 0) is 43.7 Å². The van der Waals surface area contributed by atoms with Crippen LogP contribution in [-0.2, 0) is 12.0 Å². The minimum Gasteiger partial charge on any atom is -0.481 e. The van der Waals surface area contributed by atoms with Crippen LogP contribution in [0, 0.1) is 0 Å². The van der Waals surface area contributed by atoms with Crippen LogP contribution in [0.5, 0.6) is 5.88 Å². The van der Waals surface area contributed by atoms with Crippen molar-refractivity contribution in [1.29, 1.82) is 0 Å². The predicted octanol–water partition coefficient (Wildman–Crippen LogP) is 3.81. The van der Waals surface area contributed by atoms with Gasteiger partial charge in [0.2, 0.25) is 5.88 Å². The van der Waals surface area contributed by atoms with Gasteiger partial charge >= 0.3 is 0 Å². The van der Waals surface area contributed by atoms with Crippen LogP contribution < -0.4 is 4.74 Å². The number of rotatable bonds is 5. The third kappa shape index (κ3) is 2.78. The lowest BCUT2D eigenvalue weighted by Crippen LogP contribution is -2.21. The summed E-state index contributed by atoms with van der Waals surface area (Å²) in [5.41, 5.74) is 0.887. The Morgan fingerprint density at radius 2 is 1.85 bits per heavy atom. The molecule has 0 saturated heterocycles. The summed E-state index contributed by atoms with van der Waals surface area (Å²) in [4.78, 5) is 4.57. The molecule has 0 aliphatic heterocycles. The van der Waals surface area contributed by atoms with Crippen molar-refractivity contribution in [2.75, 3.05) is 7.11 Å². The number of ether oxygens (including phenoxy) is 1. The van der Waals surface area contributed by atoms with Crippen LogP contribution in [0.25, 0.3) is 10.8 Å². The molecule has 1 heterocycles. The number of nitrogens with zero attached hydrogens (tertiary/aromatic N) is 1. The molecule has 1 aromatic carbocycles. The van der Waals surface area contributed by atoms with Crippen molar-refractivity contribution in [1.82, 2.24) is 4.98 Å². The molecule has 0 amide bonds. The largest absolute Gasteiger partial charge is 0.481 e. The summed E-state index contributed by atoms with van der Waals surface area (Å²) in [5.74, 6) is 0.581. The summed E-state index contributed by atoms with van der Waals surface area (Å²) in [7, 11) is 1.62. The fourth-order valence-electron chi connectivity index (χ4n) is 2.56. The molecular formula is C17H23NO2. The van der Waals surface area contributed by atoms with Crippen LogP contribution in [0.1, 0.15) is 44.9 Å². The average Bonchev–Trinajstić information content (AvgIpc) is 2.43. The Balaban J connectivity index is 2.75. The van der Waals surface area contributed by atoms with E-state index in [1.165, 1.54) is 0 Å². The van der Waals surface area contributed by atoms with Crippen LogP contribution >= 0.6 is 0 Å². The first-order valence-corrected chi connectivity index (χ1v) is 7.17. The number of aromatic nitrogens is 1. The van der Waals surface area contributed by atoms with Crippen molar-refractivity contribution in [3.63, 3.8) is 0 Å². The predicted molar refractivity (Wildman–Crippen MR) is 82.2 cm³/mol. The lowest BCUT2D eigenvalue weighted by Gasteiger charge is -2.23. The van der Waals surface area contributed by atoms with Gasteiger partial charge in [-0.3, -0.25) is 0 Å². The van der Waals surface area contributed by atoms with E-state index in [-0.39, 0.29) is 0 Å². The normalized spacial score (nSPS) is 11.8. The molecular weight excluding hydrogens is 250 g/mol. The van der Waals surface area contributed by atoms with Crippen LogP contribution in [0.2, 0.25) is 0 Å². The highest BCUT2D eigenvalue weighted by atomic mass is 16.5. The zero-order valence-electron chi connectivity index (χ0n) is 12.7. The van der Waals surface area contributed by atoms with Crippen molar-refractivity contribution >= 4 is 10.8 Å². The first kappa shape index (κ1) is 14.8. The number of hydrogen-bond donors (Lipinski definition) is 1. The third-order valence-electron chi connectivity index (χ3n) is 3.53. The molecule has 0 bridgehead atoms. The summed E-state index contributed by atoms with van der Waals surface area (Å²) in [6.45, 7) is 5.72. The topological polar surface area (TPSA) is 42.4 Å². The molecule has 0 fully saturated rings. The number of benzene rings is 1. The highest BCUT2D eigenvalue weighted by molar-refractivity contribution is 5.90. The SMILES string of the molecule is CCCCc1c(C(C)(C)O)nc(OC)c2ccccc12. The van der Waals surface area contributed by atoms with Crippen molar-refractivity contribution < 1.29 is 9.84 Å². The maximum atomic E-state index is 10.4. The summed E-state index contributed by atoms with van der Waals surface area (Å²) >= 11 is 0. The molecule has 3 nitrogen and oxygen atoms in total. The molecule has 0 aliphatic carbocycles. The Morgan fingerprint density at radius 3 is 2.40 bits per heavy atom. The van der Waals surface area contributed by atoms with Crippen molar-refractivity contribution in [2.45, 2.75) is 45.6 Å². The van der Waals surface area contributed by atoms with E-state index in [0.717, 1.165) is 41.3 Å². The van der Waals surface area contributed by atoms with Gasteiger partial charge in [0, 0.05) is 5.39 Å². The van der Waals surface area contributed by atoms with Gasteiger partial charge in [0.25, 0.3) is 0 Å². The van der Waals surface area contributed by atoms with Crippen molar-refractivity contribution in [2.24, 2.45) is 0 Å². The Hall–Kier alpha value is -1.61. The maximum absolute atomic E-state index is 10.4. The van der Waals surface area contributed by atoms with Gasteiger partial charge in [-0.15, -0.1) is 0 Å². The van der Waals surface area contributed by atoms with E-state index in [1.54, 1.807) is 21.0 Å². The lowest BCUT2D eigenvalue weighted by atomic mass is 9.92. The number of aliphatic hydroxyl groups is 1. The van der Waals surface area contributed by atoms with Gasteiger partial charge in [-0.25, -0.2) is 4.98 Å². The maximum Gasteiger partial charge on any atom is 0.221 e. The number of pyridine rings is 1. The van der Waals surface area contributed by atoms with E-state index in [9.17, 15) is 5.11 Å². The minimum absolute atomic E-state index is 0.581. The van der Waals surface area contributed by atoms with Gasteiger partial charge in [0.1, 0.15) is 5.60 Å². The molecule has 0 atom stereocenters. The molecule has 2 aromatic rings. The second kappa shape index (κ2) is 5.80. The molecule has 1 aromatic heterocycles. The second-order valence-electron chi connectivity index (χ2n) is 5.66. The summed E-state index contributed by atoms with van der Waals surface area (Å²) < 4.78 is 5.40. The fraction of sp³-hybridized carbons (Fsp3) is 0.471. The first-order chi connectivity index (χ1) is 9.49. The fourth-order valence-corrected chi connectivity index (χ4v) is 2.56. The Bertz CT molecular complexity index is 600. The summed E-state index contributed by atoms with van der Waals surface area (Å²) in [5, 5.41) is 12.6. The Labute approximate surface area is 120 Å². The van der Waals surface area contributed by atoms with E-state index in [4.69, 9.17) is 4.74 Å². The van der Waals surface area contributed by atoms with Crippen LogP contribution in [0.4, 0.5) is 0 Å². The lowest BCUT2D eigenvalue weighted by molar-refractivity contribution is 0.0723. The van der Waals surface area contributed by atoms with E-state index in [2.05, 4.69) is 18.0 Å². The van der Waals surface area contributed by atoms with Gasteiger partial charge < -0.3 is 9.84 Å².